The molecule has 1 unspecified atom stereocenters. The van der Waals surface area contributed by atoms with Gasteiger partial charge in [-0.15, -0.1) is 0 Å². The predicted molar refractivity (Wildman–Crippen MR) is 89.0 cm³/mol. The van der Waals surface area contributed by atoms with Crippen molar-refractivity contribution in [2.24, 2.45) is 0 Å². The lowest BCUT2D eigenvalue weighted by Crippen LogP contribution is -2.43. The Labute approximate surface area is 136 Å². The average Bonchev–Trinajstić information content (AvgIpc) is 2.91. The van der Waals surface area contributed by atoms with Crippen molar-refractivity contribution in [3.63, 3.8) is 0 Å². The fraction of sp³-hybridized carbons (Fsp3) is 0.471. The van der Waals surface area contributed by atoms with Crippen LogP contribution in [0.2, 0.25) is 0 Å². The zero-order chi connectivity index (χ0) is 16.4. The van der Waals surface area contributed by atoms with Crippen LogP contribution < -0.4 is 4.74 Å². The average molecular weight is 335 g/mol. The van der Waals surface area contributed by atoms with Gasteiger partial charge in [0.2, 0.25) is 0 Å². The third-order valence-corrected chi connectivity index (χ3v) is 6.03. The fourth-order valence-electron chi connectivity index (χ4n) is 3.14. The lowest BCUT2D eigenvalue weighted by molar-refractivity contribution is -0.129. The topological polar surface area (TPSA) is 63.7 Å². The Morgan fingerprint density at radius 2 is 2.13 bits per heavy atom. The van der Waals surface area contributed by atoms with Gasteiger partial charge in [-0.2, -0.15) is 0 Å². The number of rotatable bonds is 4. The van der Waals surface area contributed by atoms with E-state index < -0.39 is 9.84 Å². The molecule has 1 aromatic rings. The van der Waals surface area contributed by atoms with Gasteiger partial charge in [0.05, 0.1) is 17.1 Å². The van der Waals surface area contributed by atoms with Gasteiger partial charge in [-0.3, -0.25) is 4.79 Å². The summed E-state index contributed by atoms with van der Waals surface area (Å²) in [6, 6.07) is 7.36. The minimum absolute atomic E-state index is 0.0729. The first kappa shape index (κ1) is 16.1. The Hall–Kier alpha value is -1.82. The van der Waals surface area contributed by atoms with Gasteiger partial charge in [-0.05, 0) is 25.0 Å². The van der Waals surface area contributed by atoms with Crippen LogP contribution in [0.25, 0.3) is 6.08 Å². The molecule has 124 valence electrons. The molecule has 3 rings (SSSR count). The summed E-state index contributed by atoms with van der Waals surface area (Å²) in [5.74, 6) is 0.908. The van der Waals surface area contributed by atoms with E-state index in [1.54, 1.807) is 4.90 Å². The first-order valence-corrected chi connectivity index (χ1v) is 9.76. The highest BCUT2D eigenvalue weighted by atomic mass is 32.2. The van der Waals surface area contributed by atoms with Crippen molar-refractivity contribution in [1.29, 1.82) is 0 Å². The van der Waals surface area contributed by atoms with Crippen molar-refractivity contribution in [3.8, 4) is 5.75 Å². The molecule has 1 atom stereocenters. The minimum Gasteiger partial charge on any atom is -0.488 e. The first-order valence-electron chi connectivity index (χ1n) is 7.94. The molecule has 1 aromatic carbocycles. The molecule has 6 heteroatoms. The number of sulfone groups is 1. The van der Waals surface area contributed by atoms with E-state index >= 15 is 0 Å². The largest absolute Gasteiger partial charge is 0.488 e. The van der Waals surface area contributed by atoms with Gasteiger partial charge in [-0.1, -0.05) is 25.1 Å². The number of benzene rings is 1. The van der Waals surface area contributed by atoms with Gasteiger partial charge in [0.15, 0.2) is 9.84 Å². The van der Waals surface area contributed by atoms with Crippen molar-refractivity contribution in [2.75, 3.05) is 24.7 Å². The lowest BCUT2D eigenvalue weighted by atomic mass is 10.1. The molecule has 0 spiro atoms. The van der Waals surface area contributed by atoms with Crippen LogP contribution in [0.4, 0.5) is 0 Å². The zero-order valence-electron chi connectivity index (χ0n) is 13.2. The first-order chi connectivity index (χ1) is 11.0. The van der Waals surface area contributed by atoms with E-state index in [0.29, 0.717) is 18.5 Å². The summed E-state index contributed by atoms with van der Waals surface area (Å²) in [6.45, 7) is 2.79. The third-order valence-electron chi connectivity index (χ3n) is 4.28. The van der Waals surface area contributed by atoms with Gasteiger partial charge in [0.25, 0.3) is 5.91 Å². The van der Waals surface area contributed by atoms with Crippen molar-refractivity contribution in [3.05, 3.63) is 35.4 Å². The Morgan fingerprint density at radius 1 is 1.35 bits per heavy atom. The van der Waals surface area contributed by atoms with E-state index in [2.05, 4.69) is 0 Å². The Kier molecular flexibility index (Phi) is 4.43. The monoisotopic (exact) mass is 335 g/mol. The summed E-state index contributed by atoms with van der Waals surface area (Å²) in [7, 11) is -3.02. The van der Waals surface area contributed by atoms with Crippen molar-refractivity contribution < 1.29 is 17.9 Å². The van der Waals surface area contributed by atoms with Crippen LogP contribution in [-0.4, -0.2) is 49.9 Å². The maximum Gasteiger partial charge on any atom is 0.253 e. The Bertz CT molecular complexity index is 739. The van der Waals surface area contributed by atoms with Crippen molar-refractivity contribution in [1.82, 2.24) is 4.90 Å². The van der Waals surface area contributed by atoms with Crippen LogP contribution >= 0.6 is 0 Å². The molecule has 0 aromatic heterocycles. The van der Waals surface area contributed by atoms with Crippen LogP contribution in [0.3, 0.4) is 0 Å². The molecule has 0 radical (unpaired) electrons. The maximum atomic E-state index is 12.9. The van der Waals surface area contributed by atoms with Gasteiger partial charge >= 0.3 is 0 Å². The summed E-state index contributed by atoms with van der Waals surface area (Å²) >= 11 is 0. The fourth-order valence-corrected chi connectivity index (χ4v) is 4.87. The molecular formula is C17H21NO4S. The van der Waals surface area contributed by atoms with Crippen molar-refractivity contribution >= 4 is 21.8 Å². The summed E-state index contributed by atoms with van der Waals surface area (Å²) in [4.78, 5) is 14.6. The van der Waals surface area contributed by atoms with Gasteiger partial charge in [-0.25, -0.2) is 8.42 Å². The number of hydrogen-bond acceptors (Lipinski definition) is 4. The highest BCUT2D eigenvalue weighted by molar-refractivity contribution is 7.91. The SMILES string of the molecule is CCCN(C(=O)C1=Cc2ccccc2OC1)C1CCS(=O)(=O)C1. The third kappa shape index (κ3) is 3.42. The molecule has 0 saturated carbocycles. The Morgan fingerprint density at radius 3 is 2.83 bits per heavy atom. The van der Waals surface area contributed by atoms with Crippen LogP contribution in [0, 0.1) is 0 Å². The van der Waals surface area contributed by atoms with E-state index in [1.807, 2.05) is 37.3 Å². The second-order valence-electron chi connectivity index (χ2n) is 6.05. The summed E-state index contributed by atoms with van der Waals surface area (Å²) in [6.07, 6.45) is 3.18. The molecule has 0 aliphatic carbocycles. The number of hydrogen-bond donors (Lipinski definition) is 0. The normalized spacial score (nSPS) is 22.0. The lowest BCUT2D eigenvalue weighted by Gasteiger charge is -2.30. The molecular weight excluding hydrogens is 314 g/mol. The van der Waals surface area contributed by atoms with E-state index in [0.717, 1.165) is 17.7 Å². The van der Waals surface area contributed by atoms with Crippen LogP contribution in [0.15, 0.2) is 29.8 Å². The van der Waals surface area contributed by atoms with Crippen LogP contribution in [0.1, 0.15) is 25.3 Å². The number of carbonyl (C=O) groups is 1. The van der Waals surface area contributed by atoms with E-state index in [4.69, 9.17) is 4.74 Å². The standard InChI is InChI=1S/C17H21NO4S/c1-2-8-18(15-7-9-23(20,21)12-15)17(19)14-10-13-5-3-4-6-16(13)22-11-14/h3-6,10,15H,2,7-9,11-12H2,1H3. The van der Waals surface area contributed by atoms with Gasteiger partial charge in [0, 0.05) is 18.2 Å². The van der Waals surface area contributed by atoms with Gasteiger partial charge in [0.1, 0.15) is 12.4 Å². The highest BCUT2D eigenvalue weighted by Crippen LogP contribution is 2.28. The number of amides is 1. The molecule has 5 nitrogen and oxygen atoms in total. The number of para-hydroxylation sites is 1. The molecule has 2 aliphatic rings. The molecule has 2 heterocycles. The number of carbonyl (C=O) groups excluding carboxylic acids is 1. The molecule has 1 saturated heterocycles. The number of nitrogens with zero attached hydrogens (tertiary/aromatic N) is 1. The number of ether oxygens (including phenoxy) is 1. The van der Waals surface area contributed by atoms with E-state index in [1.165, 1.54) is 0 Å². The predicted octanol–water partition coefficient (Wildman–Crippen LogP) is 1.89. The summed E-state index contributed by atoms with van der Waals surface area (Å²) < 4.78 is 29.1. The van der Waals surface area contributed by atoms with E-state index in [9.17, 15) is 13.2 Å². The molecule has 0 N–H and O–H groups in total. The van der Waals surface area contributed by atoms with Crippen LogP contribution in [0.5, 0.6) is 5.75 Å². The van der Waals surface area contributed by atoms with Crippen LogP contribution in [-0.2, 0) is 14.6 Å². The van der Waals surface area contributed by atoms with Crippen molar-refractivity contribution in [2.45, 2.75) is 25.8 Å². The zero-order valence-corrected chi connectivity index (χ0v) is 14.0. The molecule has 1 amide bonds. The quantitative estimate of drug-likeness (QED) is 0.843. The maximum absolute atomic E-state index is 12.9. The molecule has 2 aliphatic heterocycles. The van der Waals surface area contributed by atoms with E-state index in [-0.39, 0.29) is 30.1 Å². The smallest absolute Gasteiger partial charge is 0.253 e. The summed E-state index contributed by atoms with van der Waals surface area (Å²) in [5, 5.41) is 0. The molecule has 1 fully saturated rings. The molecule has 0 bridgehead atoms. The Balaban J connectivity index is 1.84. The highest BCUT2D eigenvalue weighted by Gasteiger charge is 2.35. The minimum atomic E-state index is -3.02. The second-order valence-corrected chi connectivity index (χ2v) is 8.28. The molecule has 23 heavy (non-hydrogen) atoms. The van der Waals surface area contributed by atoms with Gasteiger partial charge < -0.3 is 9.64 Å². The summed E-state index contributed by atoms with van der Waals surface area (Å²) in [5.41, 5.74) is 1.47. The second kappa shape index (κ2) is 6.35. The number of fused-ring (bicyclic) bond motifs is 1.